The van der Waals surface area contributed by atoms with Crippen molar-refractivity contribution in [1.29, 1.82) is 0 Å². The van der Waals surface area contributed by atoms with Crippen molar-refractivity contribution in [3.8, 4) is 5.75 Å². The highest BCUT2D eigenvalue weighted by molar-refractivity contribution is 9.10. The molecule has 18 heavy (non-hydrogen) atoms. The molecule has 0 radical (unpaired) electrons. The highest BCUT2D eigenvalue weighted by Crippen LogP contribution is 2.20. The van der Waals surface area contributed by atoms with Gasteiger partial charge in [0.15, 0.2) is 0 Å². The minimum atomic E-state index is -0.282. The summed E-state index contributed by atoms with van der Waals surface area (Å²) in [7, 11) is 0. The smallest absolute Gasteiger partial charge is 0.124 e. The molecular weight excluding hydrogens is 297 g/mol. The van der Waals surface area contributed by atoms with E-state index in [1.165, 1.54) is 12.1 Å². The number of hydrogen-bond acceptors (Lipinski definition) is 2. The first kappa shape index (κ1) is 13.1. The van der Waals surface area contributed by atoms with Crippen LogP contribution in [0, 0.1) is 5.82 Å². The van der Waals surface area contributed by atoms with E-state index in [1.807, 2.05) is 30.3 Å². The third-order valence-corrected chi connectivity index (χ3v) is 2.97. The fraction of sp³-hybridized carbons (Fsp3) is 0.143. The van der Waals surface area contributed by atoms with Gasteiger partial charge in [-0.1, -0.05) is 34.1 Å². The maximum Gasteiger partial charge on any atom is 0.124 e. The predicted molar refractivity (Wildman–Crippen MR) is 72.8 cm³/mol. The maximum absolute atomic E-state index is 13.2. The first-order valence-electron chi connectivity index (χ1n) is 5.55. The SMILES string of the molecule is NCc1ccccc1OCc1cc(F)cc(Br)c1. The molecule has 0 aliphatic heterocycles. The van der Waals surface area contributed by atoms with Crippen molar-refractivity contribution in [2.24, 2.45) is 5.73 Å². The fourth-order valence-electron chi connectivity index (χ4n) is 1.67. The van der Waals surface area contributed by atoms with E-state index in [4.69, 9.17) is 10.5 Å². The number of benzene rings is 2. The summed E-state index contributed by atoms with van der Waals surface area (Å²) in [5, 5.41) is 0. The molecule has 2 rings (SSSR count). The van der Waals surface area contributed by atoms with Crippen LogP contribution in [0.15, 0.2) is 46.9 Å². The number of nitrogens with two attached hydrogens (primary N) is 1. The summed E-state index contributed by atoms with van der Waals surface area (Å²) in [5.41, 5.74) is 7.33. The lowest BCUT2D eigenvalue weighted by atomic mass is 10.2. The van der Waals surface area contributed by atoms with Crippen molar-refractivity contribution < 1.29 is 9.13 Å². The van der Waals surface area contributed by atoms with Crippen molar-refractivity contribution in [3.05, 3.63) is 63.9 Å². The van der Waals surface area contributed by atoms with Crippen molar-refractivity contribution >= 4 is 15.9 Å². The van der Waals surface area contributed by atoms with E-state index in [1.54, 1.807) is 0 Å². The average molecular weight is 310 g/mol. The molecule has 0 bridgehead atoms. The Kier molecular flexibility index (Phi) is 4.33. The molecule has 0 aliphatic carbocycles. The molecule has 0 heterocycles. The maximum atomic E-state index is 13.2. The molecule has 0 aliphatic rings. The Morgan fingerprint density at radius 1 is 1.17 bits per heavy atom. The molecule has 2 aromatic carbocycles. The van der Waals surface area contributed by atoms with Crippen LogP contribution < -0.4 is 10.5 Å². The molecule has 0 fully saturated rings. The molecule has 0 saturated carbocycles. The molecule has 0 amide bonds. The summed E-state index contributed by atoms with van der Waals surface area (Å²) in [4.78, 5) is 0. The van der Waals surface area contributed by atoms with E-state index in [-0.39, 0.29) is 5.82 Å². The highest BCUT2D eigenvalue weighted by atomic mass is 79.9. The lowest BCUT2D eigenvalue weighted by molar-refractivity contribution is 0.302. The second kappa shape index (κ2) is 5.98. The molecule has 0 saturated heterocycles. The lowest BCUT2D eigenvalue weighted by Gasteiger charge is -2.10. The minimum Gasteiger partial charge on any atom is -0.489 e. The van der Waals surface area contributed by atoms with Gasteiger partial charge in [0.2, 0.25) is 0 Å². The summed E-state index contributed by atoms with van der Waals surface area (Å²) in [6, 6.07) is 12.3. The van der Waals surface area contributed by atoms with E-state index in [9.17, 15) is 4.39 Å². The zero-order valence-electron chi connectivity index (χ0n) is 9.70. The molecule has 2 nitrogen and oxygen atoms in total. The van der Waals surface area contributed by atoms with Gasteiger partial charge in [-0.05, 0) is 29.8 Å². The molecule has 0 unspecified atom stereocenters. The minimum absolute atomic E-state index is 0.282. The van der Waals surface area contributed by atoms with Crippen LogP contribution in [0.5, 0.6) is 5.75 Å². The van der Waals surface area contributed by atoms with Crippen LogP contribution in [-0.4, -0.2) is 0 Å². The highest BCUT2D eigenvalue weighted by Gasteiger charge is 2.03. The standard InChI is InChI=1S/C14H13BrFNO/c15-12-5-10(6-13(16)7-12)9-18-14-4-2-1-3-11(14)8-17/h1-7H,8-9,17H2. The number of ether oxygens (including phenoxy) is 1. The molecule has 2 N–H and O–H groups in total. The summed E-state index contributed by atoms with van der Waals surface area (Å²) < 4.78 is 19.6. The van der Waals surface area contributed by atoms with E-state index in [0.29, 0.717) is 17.6 Å². The molecular formula is C14H13BrFNO. The molecule has 2 aromatic rings. The van der Waals surface area contributed by atoms with Crippen molar-refractivity contribution in [1.82, 2.24) is 0 Å². The Morgan fingerprint density at radius 2 is 1.94 bits per heavy atom. The Morgan fingerprint density at radius 3 is 2.67 bits per heavy atom. The van der Waals surface area contributed by atoms with Gasteiger partial charge in [-0.2, -0.15) is 0 Å². The number of halogens is 2. The second-order valence-corrected chi connectivity index (χ2v) is 4.79. The zero-order valence-corrected chi connectivity index (χ0v) is 11.3. The van der Waals surface area contributed by atoms with E-state index in [0.717, 1.165) is 16.9 Å². The normalized spacial score (nSPS) is 10.4. The van der Waals surface area contributed by atoms with Crippen LogP contribution in [0.25, 0.3) is 0 Å². The van der Waals surface area contributed by atoms with Crippen LogP contribution in [0.2, 0.25) is 0 Å². The predicted octanol–water partition coefficient (Wildman–Crippen LogP) is 3.63. The van der Waals surface area contributed by atoms with Gasteiger partial charge in [0.25, 0.3) is 0 Å². The van der Waals surface area contributed by atoms with E-state index in [2.05, 4.69) is 15.9 Å². The van der Waals surface area contributed by atoms with Crippen molar-refractivity contribution in [2.75, 3.05) is 0 Å². The largest absolute Gasteiger partial charge is 0.489 e. The van der Waals surface area contributed by atoms with Gasteiger partial charge in [0.05, 0.1) is 0 Å². The molecule has 0 spiro atoms. The quantitative estimate of drug-likeness (QED) is 0.936. The van der Waals surface area contributed by atoms with Gasteiger partial charge in [0, 0.05) is 16.6 Å². The fourth-order valence-corrected chi connectivity index (χ4v) is 2.18. The van der Waals surface area contributed by atoms with Gasteiger partial charge in [0.1, 0.15) is 18.2 Å². The molecule has 0 atom stereocenters. The Hall–Kier alpha value is -1.39. The van der Waals surface area contributed by atoms with Gasteiger partial charge in [-0.3, -0.25) is 0 Å². The Balaban J connectivity index is 2.11. The van der Waals surface area contributed by atoms with Gasteiger partial charge >= 0.3 is 0 Å². The summed E-state index contributed by atoms with van der Waals surface area (Å²) in [6.45, 7) is 0.733. The van der Waals surface area contributed by atoms with Crippen LogP contribution in [0.3, 0.4) is 0 Å². The number of rotatable bonds is 4. The van der Waals surface area contributed by atoms with Crippen LogP contribution in [0.1, 0.15) is 11.1 Å². The molecule has 94 valence electrons. The first-order valence-corrected chi connectivity index (χ1v) is 6.34. The number of para-hydroxylation sites is 1. The first-order chi connectivity index (χ1) is 8.69. The average Bonchev–Trinajstić information content (AvgIpc) is 2.35. The van der Waals surface area contributed by atoms with E-state index < -0.39 is 0 Å². The molecule has 0 aromatic heterocycles. The van der Waals surface area contributed by atoms with Crippen LogP contribution >= 0.6 is 15.9 Å². The lowest BCUT2D eigenvalue weighted by Crippen LogP contribution is -2.02. The topological polar surface area (TPSA) is 35.2 Å². The molecule has 4 heteroatoms. The van der Waals surface area contributed by atoms with Gasteiger partial charge in [-0.15, -0.1) is 0 Å². The van der Waals surface area contributed by atoms with Gasteiger partial charge in [-0.25, -0.2) is 4.39 Å². The van der Waals surface area contributed by atoms with Crippen molar-refractivity contribution in [2.45, 2.75) is 13.2 Å². The van der Waals surface area contributed by atoms with Crippen LogP contribution in [0.4, 0.5) is 4.39 Å². The van der Waals surface area contributed by atoms with Gasteiger partial charge < -0.3 is 10.5 Å². The van der Waals surface area contributed by atoms with Crippen molar-refractivity contribution in [3.63, 3.8) is 0 Å². The summed E-state index contributed by atoms with van der Waals surface area (Å²) in [5.74, 6) is 0.454. The Bertz CT molecular complexity index is 525. The third kappa shape index (κ3) is 3.31. The third-order valence-electron chi connectivity index (χ3n) is 2.51. The summed E-state index contributed by atoms with van der Waals surface area (Å²) >= 11 is 3.25. The Labute approximate surface area is 114 Å². The zero-order chi connectivity index (χ0) is 13.0. The summed E-state index contributed by atoms with van der Waals surface area (Å²) in [6.07, 6.45) is 0. The number of hydrogen-bond donors (Lipinski definition) is 1. The monoisotopic (exact) mass is 309 g/mol. The second-order valence-electron chi connectivity index (χ2n) is 3.88. The van der Waals surface area contributed by atoms with Crippen LogP contribution in [-0.2, 0) is 13.2 Å². The van der Waals surface area contributed by atoms with E-state index >= 15 is 0 Å².